The number of benzene rings is 4. The van der Waals surface area contributed by atoms with Gasteiger partial charge in [-0.15, -0.1) is 0 Å². The minimum absolute atomic E-state index is 0.0916. The van der Waals surface area contributed by atoms with E-state index < -0.39 is 51.9 Å². The third-order valence-corrected chi connectivity index (χ3v) is 10.1. The molecule has 4 aromatic rings. The maximum absolute atomic E-state index is 14.5. The van der Waals surface area contributed by atoms with Crippen LogP contribution < -0.4 is 9.62 Å². The van der Waals surface area contributed by atoms with E-state index in [1.165, 1.54) is 29.2 Å². The number of amides is 2. The van der Waals surface area contributed by atoms with E-state index in [4.69, 9.17) is 11.6 Å². The summed E-state index contributed by atoms with van der Waals surface area (Å²) in [4.78, 5) is 29.3. The topological polar surface area (TPSA) is 86.8 Å². The van der Waals surface area contributed by atoms with Gasteiger partial charge in [-0.2, -0.15) is 13.2 Å². The molecule has 0 aromatic heterocycles. The van der Waals surface area contributed by atoms with E-state index in [2.05, 4.69) is 21.2 Å². The van der Waals surface area contributed by atoms with Gasteiger partial charge in [-0.05, 0) is 60.0 Å². The number of alkyl halides is 3. The Morgan fingerprint density at radius 3 is 2.17 bits per heavy atom. The Kier molecular flexibility index (Phi) is 12.7. The first-order valence-electron chi connectivity index (χ1n) is 15.1. The molecule has 0 aliphatic heterocycles. The molecule has 0 radical (unpaired) electrons. The zero-order valence-electron chi connectivity index (χ0n) is 26.0. The second-order valence-electron chi connectivity index (χ2n) is 11.0. The lowest BCUT2D eigenvalue weighted by atomic mass is 10.0. The lowest BCUT2D eigenvalue weighted by Gasteiger charge is -2.34. The lowest BCUT2D eigenvalue weighted by Crippen LogP contribution is -2.53. The van der Waals surface area contributed by atoms with E-state index >= 15 is 0 Å². The summed E-state index contributed by atoms with van der Waals surface area (Å²) in [5.41, 5.74) is -0.300. The number of anilines is 1. The zero-order valence-corrected chi connectivity index (χ0v) is 29.1. The van der Waals surface area contributed by atoms with E-state index in [0.717, 1.165) is 24.1 Å². The normalized spacial score (nSPS) is 12.3. The van der Waals surface area contributed by atoms with Gasteiger partial charge in [0.1, 0.15) is 12.6 Å². The molecule has 48 heavy (non-hydrogen) atoms. The van der Waals surface area contributed by atoms with Crippen LogP contribution in [0, 0.1) is 0 Å². The van der Waals surface area contributed by atoms with Crippen molar-refractivity contribution in [2.24, 2.45) is 0 Å². The van der Waals surface area contributed by atoms with Gasteiger partial charge in [0, 0.05) is 24.0 Å². The van der Waals surface area contributed by atoms with Crippen LogP contribution >= 0.6 is 27.5 Å². The number of sulfonamides is 1. The molecule has 7 nitrogen and oxygen atoms in total. The fourth-order valence-corrected chi connectivity index (χ4v) is 7.17. The summed E-state index contributed by atoms with van der Waals surface area (Å²) in [7, 11) is -4.64. The average Bonchev–Trinajstić information content (AvgIpc) is 3.06. The second kappa shape index (κ2) is 16.5. The molecule has 0 spiro atoms. The molecule has 1 atom stereocenters. The quantitative estimate of drug-likeness (QED) is 0.133. The highest BCUT2D eigenvalue weighted by Crippen LogP contribution is 2.37. The number of rotatable bonds is 14. The van der Waals surface area contributed by atoms with Gasteiger partial charge in [-0.3, -0.25) is 13.9 Å². The van der Waals surface area contributed by atoms with Gasteiger partial charge < -0.3 is 10.2 Å². The number of nitrogens with zero attached hydrogens (tertiary/aromatic N) is 2. The van der Waals surface area contributed by atoms with Crippen LogP contribution in [0.3, 0.4) is 0 Å². The van der Waals surface area contributed by atoms with Crippen LogP contribution in [0.1, 0.15) is 36.5 Å². The summed E-state index contributed by atoms with van der Waals surface area (Å²) in [6, 6.07) is 24.3. The summed E-state index contributed by atoms with van der Waals surface area (Å²) < 4.78 is 71.0. The molecule has 4 rings (SSSR count). The Bertz CT molecular complexity index is 1810. The summed E-state index contributed by atoms with van der Waals surface area (Å²) in [5.74, 6) is -1.28. The molecule has 0 aliphatic rings. The van der Waals surface area contributed by atoms with Crippen LogP contribution in [0.4, 0.5) is 18.9 Å². The molecule has 1 unspecified atom stereocenters. The Morgan fingerprint density at radius 2 is 1.54 bits per heavy atom. The predicted octanol–water partition coefficient (Wildman–Crippen LogP) is 7.87. The first-order chi connectivity index (χ1) is 22.8. The number of carbonyl (C=O) groups is 2. The molecular weight excluding hydrogens is 731 g/mol. The molecule has 0 bridgehead atoms. The fourth-order valence-electron chi connectivity index (χ4n) is 5.01. The van der Waals surface area contributed by atoms with E-state index in [1.54, 1.807) is 42.5 Å². The molecule has 0 saturated carbocycles. The standard InChI is InChI=1S/C35H34BrClF3N3O4S/c1-2-3-19-41-34(45)32(21-25-11-6-4-7-12-25)42(23-26-13-10-14-28(36)20-26)33(44)24-43(48(46,47)29-15-8-5-9-16-29)31-22-27(35(38,39)40)17-18-30(31)37/h4-18,20,22,32H,2-3,19,21,23-24H2,1H3,(H,41,45). The maximum Gasteiger partial charge on any atom is 0.416 e. The minimum Gasteiger partial charge on any atom is -0.354 e. The van der Waals surface area contributed by atoms with Crippen molar-refractivity contribution < 1.29 is 31.2 Å². The van der Waals surface area contributed by atoms with E-state index in [-0.39, 0.29) is 22.9 Å². The maximum atomic E-state index is 14.5. The number of hydrogen-bond acceptors (Lipinski definition) is 4. The van der Waals surface area contributed by atoms with E-state index in [1.807, 2.05) is 25.1 Å². The van der Waals surface area contributed by atoms with Crippen LogP contribution in [0.25, 0.3) is 0 Å². The second-order valence-corrected chi connectivity index (χ2v) is 14.2. The lowest BCUT2D eigenvalue weighted by molar-refractivity contribution is -0.140. The number of hydrogen-bond donors (Lipinski definition) is 1. The third-order valence-electron chi connectivity index (χ3n) is 7.49. The molecule has 0 aliphatic carbocycles. The highest BCUT2D eigenvalue weighted by Gasteiger charge is 2.37. The SMILES string of the molecule is CCCCNC(=O)C(Cc1ccccc1)N(Cc1cccc(Br)c1)C(=O)CN(c1cc(C(F)(F)F)ccc1Cl)S(=O)(=O)c1ccccc1. The fraction of sp³-hybridized carbons (Fsp3) is 0.257. The van der Waals surface area contributed by atoms with E-state index in [0.29, 0.717) is 33.4 Å². The summed E-state index contributed by atoms with van der Waals surface area (Å²) in [6.07, 6.45) is -3.22. The number of halogens is 5. The molecule has 0 heterocycles. The Balaban J connectivity index is 1.85. The highest BCUT2D eigenvalue weighted by molar-refractivity contribution is 9.10. The van der Waals surface area contributed by atoms with Crippen LogP contribution in [0.2, 0.25) is 5.02 Å². The van der Waals surface area contributed by atoms with Crippen molar-refractivity contribution >= 4 is 55.1 Å². The first-order valence-corrected chi connectivity index (χ1v) is 17.7. The van der Waals surface area contributed by atoms with Crippen LogP contribution in [0.15, 0.2) is 112 Å². The molecule has 0 saturated heterocycles. The molecule has 4 aromatic carbocycles. The Hall–Kier alpha value is -3.87. The molecule has 254 valence electrons. The molecule has 0 fully saturated rings. The van der Waals surface area contributed by atoms with Crippen LogP contribution in [-0.2, 0) is 38.8 Å². The molecular formula is C35H34BrClF3N3O4S. The van der Waals surface area contributed by atoms with Crippen molar-refractivity contribution in [3.8, 4) is 0 Å². The first kappa shape index (κ1) is 37.0. The van der Waals surface area contributed by atoms with Gasteiger partial charge in [-0.1, -0.05) is 102 Å². The average molecular weight is 765 g/mol. The van der Waals surface area contributed by atoms with Gasteiger partial charge in [0.05, 0.1) is 21.2 Å². The molecule has 1 N–H and O–H groups in total. The minimum atomic E-state index is -4.82. The van der Waals surface area contributed by atoms with Gasteiger partial charge >= 0.3 is 6.18 Å². The largest absolute Gasteiger partial charge is 0.416 e. The van der Waals surface area contributed by atoms with Gasteiger partial charge in [0.25, 0.3) is 10.0 Å². The monoisotopic (exact) mass is 763 g/mol. The van der Waals surface area contributed by atoms with Crippen molar-refractivity contribution in [3.05, 3.63) is 129 Å². The Morgan fingerprint density at radius 1 is 0.896 bits per heavy atom. The van der Waals surface area contributed by atoms with Gasteiger partial charge in [0.2, 0.25) is 11.8 Å². The Labute approximate surface area is 291 Å². The highest BCUT2D eigenvalue weighted by atomic mass is 79.9. The zero-order chi connectivity index (χ0) is 34.9. The number of unbranched alkanes of at least 4 members (excludes halogenated alkanes) is 1. The van der Waals surface area contributed by atoms with Crippen molar-refractivity contribution in [2.45, 2.75) is 49.8 Å². The summed E-state index contributed by atoms with van der Waals surface area (Å²) in [6.45, 7) is 1.28. The molecule has 2 amide bonds. The summed E-state index contributed by atoms with van der Waals surface area (Å²) in [5, 5.41) is 2.58. The van der Waals surface area contributed by atoms with Crippen molar-refractivity contribution in [2.75, 3.05) is 17.4 Å². The number of nitrogens with one attached hydrogen (secondary N) is 1. The van der Waals surface area contributed by atoms with Gasteiger partial charge in [-0.25, -0.2) is 8.42 Å². The van der Waals surface area contributed by atoms with Crippen LogP contribution in [-0.4, -0.2) is 44.3 Å². The number of carbonyl (C=O) groups excluding carboxylic acids is 2. The summed E-state index contributed by atoms with van der Waals surface area (Å²) >= 11 is 9.80. The smallest absolute Gasteiger partial charge is 0.354 e. The van der Waals surface area contributed by atoms with Crippen molar-refractivity contribution in [1.29, 1.82) is 0 Å². The van der Waals surface area contributed by atoms with Crippen LogP contribution in [0.5, 0.6) is 0 Å². The van der Waals surface area contributed by atoms with Crippen molar-refractivity contribution in [3.63, 3.8) is 0 Å². The predicted molar refractivity (Wildman–Crippen MR) is 184 cm³/mol. The van der Waals surface area contributed by atoms with Gasteiger partial charge in [0.15, 0.2) is 0 Å². The third kappa shape index (κ3) is 9.61. The van der Waals surface area contributed by atoms with E-state index in [9.17, 15) is 31.2 Å². The molecule has 13 heteroatoms. The van der Waals surface area contributed by atoms with Crippen molar-refractivity contribution in [1.82, 2.24) is 10.2 Å².